The van der Waals surface area contributed by atoms with Crippen LogP contribution in [0.5, 0.6) is 0 Å². The van der Waals surface area contributed by atoms with Crippen LogP contribution in [0.15, 0.2) is 42.5 Å². The Morgan fingerprint density at radius 1 is 0.864 bits per heavy atom. The quantitative estimate of drug-likeness (QED) is 0.766. The smallest absolute Gasteiger partial charge is 0.323 e. The number of hydrogen-bond donors (Lipinski definition) is 3. The van der Waals surface area contributed by atoms with Crippen molar-refractivity contribution < 1.29 is 9.59 Å². The number of hydrogen-bond acceptors (Lipinski definition) is 2. The van der Waals surface area contributed by atoms with Crippen molar-refractivity contribution in [1.29, 1.82) is 0 Å². The van der Waals surface area contributed by atoms with Gasteiger partial charge in [-0.05, 0) is 42.5 Å². The fourth-order valence-corrected chi connectivity index (χ4v) is 2.06. The molecule has 0 saturated heterocycles. The van der Waals surface area contributed by atoms with Gasteiger partial charge in [0, 0.05) is 23.3 Å². The van der Waals surface area contributed by atoms with Crippen molar-refractivity contribution in [1.82, 2.24) is 0 Å². The minimum Gasteiger partial charge on any atom is -0.325 e. The number of halogens is 2. The van der Waals surface area contributed by atoms with Gasteiger partial charge in [0.05, 0.1) is 10.7 Å². The fourth-order valence-electron chi connectivity index (χ4n) is 1.71. The van der Waals surface area contributed by atoms with E-state index in [1.54, 1.807) is 42.5 Å². The van der Waals surface area contributed by atoms with E-state index in [4.69, 9.17) is 23.2 Å². The van der Waals surface area contributed by atoms with Gasteiger partial charge in [-0.25, -0.2) is 4.79 Å². The Labute approximate surface area is 137 Å². The van der Waals surface area contributed by atoms with Crippen LogP contribution in [-0.4, -0.2) is 11.9 Å². The molecule has 5 nitrogen and oxygen atoms in total. The first kappa shape index (κ1) is 16.1. The zero-order valence-electron chi connectivity index (χ0n) is 11.6. The first-order chi connectivity index (χ1) is 10.4. The number of urea groups is 1. The molecule has 22 heavy (non-hydrogen) atoms. The molecule has 0 atom stereocenters. The molecule has 2 aromatic rings. The summed E-state index contributed by atoms with van der Waals surface area (Å²) >= 11 is 11.8. The molecule has 7 heteroatoms. The lowest BCUT2D eigenvalue weighted by molar-refractivity contribution is -0.114. The van der Waals surface area contributed by atoms with Gasteiger partial charge in [-0.1, -0.05) is 23.2 Å². The highest BCUT2D eigenvalue weighted by Crippen LogP contribution is 2.25. The minimum atomic E-state index is -0.411. The molecule has 0 radical (unpaired) electrons. The van der Waals surface area contributed by atoms with Crippen molar-refractivity contribution in [3.05, 3.63) is 52.5 Å². The number of amides is 3. The normalized spacial score (nSPS) is 9.95. The largest absolute Gasteiger partial charge is 0.325 e. The van der Waals surface area contributed by atoms with E-state index in [9.17, 15) is 9.59 Å². The molecule has 0 heterocycles. The number of nitrogens with one attached hydrogen (secondary N) is 3. The maximum atomic E-state index is 11.9. The van der Waals surface area contributed by atoms with Gasteiger partial charge >= 0.3 is 6.03 Å². The van der Waals surface area contributed by atoms with Gasteiger partial charge in [-0.2, -0.15) is 0 Å². The Morgan fingerprint density at radius 3 is 2.05 bits per heavy atom. The SMILES string of the molecule is CC(=O)Nc1ccc(NC(=O)Nc2ccc(Cl)cc2)cc1Cl. The van der Waals surface area contributed by atoms with E-state index in [-0.39, 0.29) is 5.91 Å². The van der Waals surface area contributed by atoms with Crippen LogP contribution in [0.4, 0.5) is 21.9 Å². The van der Waals surface area contributed by atoms with E-state index >= 15 is 0 Å². The number of carbonyl (C=O) groups excluding carboxylic acids is 2. The summed E-state index contributed by atoms with van der Waals surface area (Å²) in [5, 5.41) is 8.82. The molecule has 2 rings (SSSR count). The van der Waals surface area contributed by atoms with Gasteiger partial charge < -0.3 is 16.0 Å². The maximum absolute atomic E-state index is 11.9. The third-order valence-corrected chi connectivity index (χ3v) is 3.20. The minimum absolute atomic E-state index is 0.219. The van der Waals surface area contributed by atoms with Crippen LogP contribution in [0.3, 0.4) is 0 Å². The van der Waals surface area contributed by atoms with Gasteiger partial charge in [0.25, 0.3) is 0 Å². The number of benzene rings is 2. The van der Waals surface area contributed by atoms with E-state index in [1.165, 1.54) is 6.92 Å². The summed E-state index contributed by atoms with van der Waals surface area (Å²) in [6, 6.07) is 11.1. The fraction of sp³-hybridized carbons (Fsp3) is 0.0667. The van der Waals surface area contributed by atoms with Gasteiger partial charge in [0.1, 0.15) is 0 Å². The van der Waals surface area contributed by atoms with Crippen LogP contribution in [0.2, 0.25) is 10.0 Å². The van der Waals surface area contributed by atoms with Crippen LogP contribution < -0.4 is 16.0 Å². The molecule has 0 spiro atoms. The standard InChI is InChI=1S/C15H13Cl2N3O2/c1-9(21)18-14-7-6-12(8-13(14)17)20-15(22)19-11-4-2-10(16)3-5-11/h2-8H,1H3,(H,18,21)(H2,19,20,22). The third kappa shape index (κ3) is 4.65. The van der Waals surface area contributed by atoms with Crippen molar-refractivity contribution >= 4 is 52.2 Å². The zero-order valence-corrected chi connectivity index (χ0v) is 13.1. The van der Waals surface area contributed by atoms with E-state index in [2.05, 4.69) is 16.0 Å². The molecular formula is C15H13Cl2N3O2. The lowest BCUT2D eigenvalue weighted by Gasteiger charge is -2.10. The van der Waals surface area contributed by atoms with Crippen LogP contribution in [0, 0.1) is 0 Å². The van der Waals surface area contributed by atoms with Crippen LogP contribution in [-0.2, 0) is 4.79 Å². The second kappa shape index (κ2) is 7.15. The Hall–Kier alpha value is -2.24. The first-order valence-electron chi connectivity index (χ1n) is 6.35. The summed E-state index contributed by atoms with van der Waals surface area (Å²) in [6.45, 7) is 1.39. The van der Waals surface area contributed by atoms with Crippen molar-refractivity contribution in [3.8, 4) is 0 Å². The van der Waals surface area contributed by atoms with Crippen LogP contribution in [0.1, 0.15) is 6.92 Å². The Morgan fingerprint density at radius 2 is 1.45 bits per heavy atom. The Bertz CT molecular complexity index is 702. The van der Waals surface area contributed by atoms with Crippen molar-refractivity contribution in [2.24, 2.45) is 0 Å². The van der Waals surface area contributed by atoms with Crippen molar-refractivity contribution in [3.63, 3.8) is 0 Å². The molecule has 0 unspecified atom stereocenters. The predicted octanol–water partition coefficient (Wildman–Crippen LogP) is 4.60. The topological polar surface area (TPSA) is 70.2 Å². The van der Waals surface area contributed by atoms with Crippen LogP contribution in [0.25, 0.3) is 0 Å². The van der Waals surface area contributed by atoms with E-state index in [0.717, 1.165) is 0 Å². The number of anilines is 3. The summed E-state index contributed by atoms with van der Waals surface area (Å²) < 4.78 is 0. The monoisotopic (exact) mass is 337 g/mol. The molecule has 0 aromatic heterocycles. The molecule has 114 valence electrons. The van der Waals surface area contributed by atoms with Gasteiger partial charge in [0.2, 0.25) is 5.91 Å². The van der Waals surface area contributed by atoms with E-state index < -0.39 is 6.03 Å². The molecule has 0 aliphatic carbocycles. The van der Waals surface area contributed by atoms with E-state index in [0.29, 0.717) is 27.1 Å². The molecule has 0 saturated carbocycles. The molecule has 3 N–H and O–H groups in total. The average Bonchev–Trinajstić information content (AvgIpc) is 2.44. The zero-order chi connectivity index (χ0) is 16.1. The van der Waals surface area contributed by atoms with Gasteiger partial charge in [0.15, 0.2) is 0 Å². The molecule has 0 fully saturated rings. The number of carbonyl (C=O) groups is 2. The Kier molecular flexibility index (Phi) is 5.25. The van der Waals surface area contributed by atoms with Crippen LogP contribution >= 0.6 is 23.2 Å². The molecular weight excluding hydrogens is 325 g/mol. The summed E-state index contributed by atoms with van der Waals surface area (Å²) in [7, 11) is 0. The summed E-state index contributed by atoms with van der Waals surface area (Å²) in [5.74, 6) is -0.219. The second-order valence-electron chi connectivity index (χ2n) is 4.46. The van der Waals surface area contributed by atoms with E-state index in [1.807, 2.05) is 0 Å². The lowest BCUT2D eigenvalue weighted by atomic mass is 10.2. The highest BCUT2D eigenvalue weighted by atomic mass is 35.5. The summed E-state index contributed by atoms with van der Waals surface area (Å²) in [4.78, 5) is 22.9. The average molecular weight is 338 g/mol. The molecule has 3 amide bonds. The van der Waals surface area contributed by atoms with Gasteiger partial charge in [-0.15, -0.1) is 0 Å². The number of rotatable bonds is 3. The molecule has 0 aliphatic heterocycles. The predicted molar refractivity (Wildman–Crippen MR) is 89.8 cm³/mol. The third-order valence-electron chi connectivity index (χ3n) is 2.64. The molecule has 0 aliphatic rings. The Balaban J connectivity index is 2.01. The second-order valence-corrected chi connectivity index (χ2v) is 5.31. The molecule has 2 aromatic carbocycles. The molecule has 0 bridgehead atoms. The lowest BCUT2D eigenvalue weighted by Crippen LogP contribution is -2.19. The first-order valence-corrected chi connectivity index (χ1v) is 7.10. The van der Waals surface area contributed by atoms with Crippen molar-refractivity contribution in [2.75, 3.05) is 16.0 Å². The highest BCUT2D eigenvalue weighted by molar-refractivity contribution is 6.34. The highest BCUT2D eigenvalue weighted by Gasteiger charge is 2.06. The summed E-state index contributed by atoms with van der Waals surface area (Å²) in [6.07, 6.45) is 0. The maximum Gasteiger partial charge on any atom is 0.323 e. The van der Waals surface area contributed by atoms with Crippen molar-refractivity contribution in [2.45, 2.75) is 6.92 Å². The summed E-state index contributed by atoms with van der Waals surface area (Å²) in [5.41, 5.74) is 1.60. The van der Waals surface area contributed by atoms with Gasteiger partial charge in [-0.3, -0.25) is 4.79 Å².